The standard InChI is InChI=1S/C14H14ClNO/c1-10-3-5-13(7-11(10)2)17-9-12-4-6-14(15)16-8-12/h3-8H,9H2,1-2H3. The van der Waals surface area contributed by atoms with E-state index in [2.05, 4.69) is 24.9 Å². The lowest BCUT2D eigenvalue weighted by Gasteiger charge is -2.08. The Morgan fingerprint density at radius 1 is 1.12 bits per heavy atom. The van der Waals surface area contributed by atoms with Gasteiger partial charge < -0.3 is 4.74 Å². The van der Waals surface area contributed by atoms with E-state index in [1.165, 1.54) is 11.1 Å². The van der Waals surface area contributed by atoms with Crippen molar-refractivity contribution in [3.63, 3.8) is 0 Å². The fraction of sp³-hybridized carbons (Fsp3) is 0.214. The highest BCUT2D eigenvalue weighted by Gasteiger charge is 1.99. The molecule has 0 fully saturated rings. The normalized spacial score (nSPS) is 10.3. The number of aromatic nitrogens is 1. The van der Waals surface area contributed by atoms with Crippen molar-refractivity contribution in [1.29, 1.82) is 0 Å². The quantitative estimate of drug-likeness (QED) is 0.767. The second kappa shape index (κ2) is 5.19. The second-order valence-corrected chi connectivity index (χ2v) is 4.41. The number of hydrogen-bond donors (Lipinski definition) is 0. The Labute approximate surface area is 106 Å². The molecule has 0 amide bonds. The maximum absolute atomic E-state index is 5.72. The van der Waals surface area contributed by atoms with Crippen molar-refractivity contribution in [3.05, 3.63) is 58.4 Å². The number of pyridine rings is 1. The molecule has 0 N–H and O–H groups in total. The largest absolute Gasteiger partial charge is 0.489 e. The number of benzene rings is 1. The third-order valence-corrected chi connectivity index (χ3v) is 2.90. The molecule has 1 heterocycles. The Hall–Kier alpha value is -1.54. The van der Waals surface area contributed by atoms with Crippen molar-refractivity contribution >= 4 is 11.6 Å². The molecule has 0 bridgehead atoms. The van der Waals surface area contributed by atoms with Crippen molar-refractivity contribution in [2.45, 2.75) is 20.5 Å². The number of halogens is 1. The summed E-state index contributed by atoms with van der Waals surface area (Å²) >= 11 is 5.72. The minimum Gasteiger partial charge on any atom is -0.489 e. The van der Waals surface area contributed by atoms with Crippen LogP contribution in [0.1, 0.15) is 16.7 Å². The number of aryl methyl sites for hydroxylation is 2. The molecule has 0 atom stereocenters. The first-order valence-corrected chi connectivity index (χ1v) is 5.83. The minimum atomic E-state index is 0.500. The molecule has 0 unspecified atom stereocenters. The molecule has 88 valence electrons. The van der Waals surface area contributed by atoms with E-state index in [1.807, 2.05) is 18.2 Å². The summed E-state index contributed by atoms with van der Waals surface area (Å²) in [5.74, 6) is 0.878. The van der Waals surface area contributed by atoms with E-state index < -0.39 is 0 Å². The van der Waals surface area contributed by atoms with Gasteiger partial charge >= 0.3 is 0 Å². The number of ether oxygens (including phenoxy) is 1. The van der Waals surface area contributed by atoms with E-state index in [9.17, 15) is 0 Å². The van der Waals surface area contributed by atoms with Crippen LogP contribution in [0.3, 0.4) is 0 Å². The van der Waals surface area contributed by atoms with Gasteiger partial charge in [-0.1, -0.05) is 23.7 Å². The lowest BCUT2D eigenvalue weighted by Crippen LogP contribution is -1.96. The molecule has 0 saturated heterocycles. The van der Waals surface area contributed by atoms with Gasteiger partial charge in [-0.3, -0.25) is 0 Å². The van der Waals surface area contributed by atoms with Crippen molar-refractivity contribution in [3.8, 4) is 5.75 Å². The summed E-state index contributed by atoms with van der Waals surface area (Å²) in [6.45, 7) is 4.67. The Kier molecular flexibility index (Phi) is 3.64. The molecule has 0 radical (unpaired) electrons. The predicted octanol–water partition coefficient (Wildman–Crippen LogP) is 3.93. The van der Waals surface area contributed by atoms with E-state index in [4.69, 9.17) is 16.3 Å². The highest BCUT2D eigenvalue weighted by atomic mass is 35.5. The molecule has 2 nitrogen and oxygen atoms in total. The summed E-state index contributed by atoms with van der Waals surface area (Å²) in [5, 5.41) is 0.500. The molecule has 1 aromatic carbocycles. The second-order valence-electron chi connectivity index (χ2n) is 4.02. The average Bonchev–Trinajstić information content (AvgIpc) is 2.33. The van der Waals surface area contributed by atoms with Crippen LogP contribution in [-0.2, 0) is 6.61 Å². The van der Waals surface area contributed by atoms with Crippen LogP contribution in [0.2, 0.25) is 5.15 Å². The first-order valence-electron chi connectivity index (χ1n) is 5.45. The Morgan fingerprint density at radius 2 is 1.94 bits per heavy atom. The zero-order valence-electron chi connectivity index (χ0n) is 9.90. The van der Waals surface area contributed by atoms with Gasteiger partial charge in [0.15, 0.2) is 0 Å². The summed E-state index contributed by atoms with van der Waals surface area (Å²) in [6, 6.07) is 9.76. The highest BCUT2D eigenvalue weighted by Crippen LogP contribution is 2.17. The fourth-order valence-corrected chi connectivity index (χ4v) is 1.57. The number of rotatable bonds is 3. The van der Waals surface area contributed by atoms with Crippen LogP contribution in [0, 0.1) is 13.8 Å². The highest BCUT2D eigenvalue weighted by molar-refractivity contribution is 6.29. The summed E-state index contributed by atoms with van der Waals surface area (Å²) < 4.78 is 5.68. The van der Waals surface area contributed by atoms with Gasteiger partial charge in [-0.2, -0.15) is 0 Å². The fourth-order valence-electron chi connectivity index (χ4n) is 1.46. The van der Waals surface area contributed by atoms with Crippen LogP contribution in [-0.4, -0.2) is 4.98 Å². The van der Waals surface area contributed by atoms with Crippen LogP contribution < -0.4 is 4.74 Å². The molecular weight excluding hydrogens is 234 g/mol. The Morgan fingerprint density at radius 3 is 2.59 bits per heavy atom. The van der Waals surface area contributed by atoms with Crippen LogP contribution in [0.25, 0.3) is 0 Å². The maximum Gasteiger partial charge on any atom is 0.129 e. The molecule has 0 aliphatic heterocycles. The summed E-state index contributed by atoms with van der Waals surface area (Å²) in [5.41, 5.74) is 3.51. The van der Waals surface area contributed by atoms with E-state index in [0.717, 1.165) is 11.3 Å². The third kappa shape index (κ3) is 3.21. The summed E-state index contributed by atoms with van der Waals surface area (Å²) in [4.78, 5) is 4.01. The predicted molar refractivity (Wildman–Crippen MR) is 69.5 cm³/mol. The van der Waals surface area contributed by atoms with E-state index >= 15 is 0 Å². The number of hydrogen-bond acceptors (Lipinski definition) is 2. The molecule has 2 rings (SSSR count). The molecule has 0 aliphatic rings. The van der Waals surface area contributed by atoms with Gasteiger partial charge in [0.05, 0.1) is 0 Å². The molecule has 0 spiro atoms. The maximum atomic E-state index is 5.72. The van der Waals surface area contributed by atoms with Gasteiger partial charge in [-0.25, -0.2) is 4.98 Å². The average molecular weight is 248 g/mol. The SMILES string of the molecule is Cc1ccc(OCc2ccc(Cl)nc2)cc1C. The third-order valence-electron chi connectivity index (χ3n) is 2.67. The molecule has 17 heavy (non-hydrogen) atoms. The molecule has 0 saturated carbocycles. The van der Waals surface area contributed by atoms with Crippen LogP contribution in [0.15, 0.2) is 36.5 Å². The summed E-state index contributed by atoms with van der Waals surface area (Å²) in [7, 11) is 0. The zero-order chi connectivity index (χ0) is 12.3. The van der Waals surface area contributed by atoms with Crippen LogP contribution in [0.5, 0.6) is 5.75 Å². The van der Waals surface area contributed by atoms with Crippen molar-refractivity contribution in [2.75, 3.05) is 0 Å². The van der Waals surface area contributed by atoms with Crippen LogP contribution >= 0.6 is 11.6 Å². The first-order chi connectivity index (χ1) is 8.15. The molecule has 0 aliphatic carbocycles. The van der Waals surface area contributed by atoms with Crippen molar-refractivity contribution in [1.82, 2.24) is 4.98 Å². The lowest BCUT2D eigenvalue weighted by atomic mass is 10.1. The summed E-state index contributed by atoms with van der Waals surface area (Å²) in [6.07, 6.45) is 1.73. The van der Waals surface area contributed by atoms with Gasteiger partial charge in [0.25, 0.3) is 0 Å². The smallest absolute Gasteiger partial charge is 0.129 e. The monoisotopic (exact) mass is 247 g/mol. The van der Waals surface area contributed by atoms with Crippen molar-refractivity contribution < 1.29 is 4.74 Å². The van der Waals surface area contributed by atoms with Gasteiger partial charge in [-0.15, -0.1) is 0 Å². The van der Waals surface area contributed by atoms with Crippen molar-refractivity contribution in [2.24, 2.45) is 0 Å². The van der Waals surface area contributed by atoms with Gasteiger partial charge in [-0.05, 0) is 43.2 Å². The first kappa shape index (κ1) is 11.9. The number of nitrogens with zero attached hydrogens (tertiary/aromatic N) is 1. The molecule has 1 aromatic heterocycles. The van der Waals surface area contributed by atoms with Crippen LogP contribution in [0.4, 0.5) is 0 Å². The topological polar surface area (TPSA) is 22.1 Å². The molecule has 3 heteroatoms. The van der Waals surface area contributed by atoms with Gasteiger partial charge in [0, 0.05) is 11.8 Å². The van der Waals surface area contributed by atoms with Gasteiger partial charge in [0.2, 0.25) is 0 Å². The zero-order valence-corrected chi connectivity index (χ0v) is 10.7. The van der Waals surface area contributed by atoms with E-state index in [0.29, 0.717) is 11.8 Å². The van der Waals surface area contributed by atoms with Gasteiger partial charge in [0.1, 0.15) is 17.5 Å². The van der Waals surface area contributed by atoms with E-state index in [-0.39, 0.29) is 0 Å². The molecular formula is C14H14ClNO. The lowest BCUT2D eigenvalue weighted by molar-refractivity contribution is 0.305. The Bertz CT molecular complexity index is 508. The Balaban J connectivity index is 2.02. The van der Waals surface area contributed by atoms with E-state index in [1.54, 1.807) is 12.3 Å². The molecule has 2 aromatic rings. The minimum absolute atomic E-state index is 0.500.